The van der Waals surface area contributed by atoms with E-state index in [4.69, 9.17) is 9.47 Å². The van der Waals surface area contributed by atoms with E-state index in [2.05, 4.69) is 5.32 Å². The molecule has 0 unspecified atom stereocenters. The summed E-state index contributed by atoms with van der Waals surface area (Å²) in [6, 6.07) is 12.1. The van der Waals surface area contributed by atoms with Crippen LogP contribution in [0.3, 0.4) is 0 Å². The summed E-state index contributed by atoms with van der Waals surface area (Å²) in [5, 5.41) is 2.56. The first-order chi connectivity index (χ1) is 13.7. The number of likely N-dealkylation sites (N-methyl/N-ethyl adjacent to an activating group) is 1. The van der Waals surface area contributed by atoms with Crippen molar-refractivity contribution in [2.24, 2.45) is 0 Å². The lowest BCUT2D eigenvalue weighted by Crippen LogP contribution is -2.35. The van der Waals surface area contributed by atoms with Gasteiger partial charge in [-0.1, -0.05) is 12.1 Å². The lowest BCUT2D eigenvalue weighted by atomic mass is 10.2. The van der Waals surface area contributed by atoms with E-state index in [9.17, 15) is 18.0 Å². The number of rotatable bonds is 8. The van der Waals surface area contributed by atoms with Gasteiger partial charge in [-0.25, -0.2) is 13.2 Å². The van der Waals surface area contributed by atoms with Crippen LogP contribution in [0.1, 0.15) is 24.2 Å². The SMILES string of the molecule is CCNC(=O)[C@H](C)OC(=O)c1ccc(S(=O)(=O)N(C)c2ccccc2OC)cc1. The van der Waals surface area contributed by atoms with Crippen LogP contribution in [-0.2, 0) is 19.6 Å². The van der Waals surface area contributed by atoms with Gasteiger partial charge in [0.25, 0.3) is 15.9 Å². The van der Waals surface area contributed by atoms with Gasteiger partial charge in [0.1, 0.15) is 5.75 Å². The lowest BCUT2D eigenvalue weighted by Gasteiger charge is -2.21. The highest BCUT2D eigenvalue weighted by Crippen LogP contribution is 2.30. The Morgan fingerprint density at radius 2 is 1.72 bits per heavy atom. The molecule has 9 heteroatoms. The first-order valence-corrected chi connectivity index (χ1v) is 10.4. The molecule has 0 aromatic heterocycles. The standard InChI is InChI=1S/C20H24N2O6S/c1-5-21-19(23)14(2)28-20(24)15-10-12-16(13-11-15)29(25,26)22(3)17-8-6-7-9-18(17)27-4/h6-14H,5H2,1-4H3,(H,21,23)/t14-/m0/s1. The second kappa shape index (κ2) is 9.42. The number of ether oxygens (including phenoxy) is 2. The molecule has 0 radical (unpaired) electrons. The first-order valence-electron chi connectivity index (χ1n) is 8.93. The van der Waals surface area contributed by atoms with E-state index in [1.54, 1.807) is 31.2 Å². The van der Waals surface area contributed by atoms with E-state index in [-0.39, 0.29) is 10.5 Å². The van der Waals surface area contributed by atoms with Crippen LogP contribution in [-0.4, -0.2) is 47.1 Å². The molecule has 2 aromatic carbocycles. The number of amides is 1. The predicted octanol–water partition coefficient (Wildman–Crippen LogP) is 2.20. The third kappa shape index (κ3) is 5.05. The number of methoxy groups -OCH3 is 1. The third-order valence-electron chi connectivity index (χ3n) is 4.18. The average Bonchev–Trinajstić information content (AvgIpc) is 2.73. The van der Waals surface area contributed by atoms with Crippen LogP contribution in [0.2, 0.25) is 0 Å². The summed E-state index contributed by atoms with van der Waals surface area (Å²) in [6.07, 6.45) is -0.956. The summed E-state index contributed by atoms with van der Waals surface area (Å²) in [4.78, 5) is 23.9. The van der Waals surface area contributed by atoms with Crippen molar-refractivity contribution in [1.82, 2.24) is 5.32 Å². The van der Waals surface area contributed by atoms with E-state index in [1.807, 2.05) is 0 Å². The number of anilines is 1. The average molecular weight is 420 g/mol. The number of nitrogens with one attached hydrogen (secondary N) is 1. The number of carbonyl (C=O) groups is 2. The van der Waals surface area contributed by atoms with Gasteiger partial charge in [-0.3, -0.25) is 9.10 Å². The van der Waals surface area contributed by atoms with Crippen LogP contribution in [0.4, 0.5) is 5.69 Å². The Hall–Kier alpha value is -3.07. The molecule has 0 fully saturated rings. The molecule has 0 bridgehead atoms. The van der Waals surface area contributed by atoms with Gasteiger partial charge < -0.3 is 14.8 Å². The summed E-state index contributed by atoms with van der Waals surface area (Å²) in [7, 11) is -0.994. The van der Waals surface area contributed by atoms with Gasteiger partial charge in [0.05, 0.1) is 23.3 Å². The molecule has 8 nitrogen and oxygen atoms in total. The molecule has 2 rings (SSSR count). The molecule has 0 aliphatic heterocycles. The highest BCUT2D eigenvalue weighted by atomic mass is 32.2. The zero-order valence-electron chi connectivity index (χ0n) is 16.7. The molecular weight excluding hydrogens is 396 g/mol. The maximum absolute atomic E-state index is 12.9. The van der Waals surface area contributed by atoms with Crippen LogP contribution in [0.15, 0.2) is 53.4 Å². The van der Waals surface area contributed by atoms with E-state index in [0.717, 1.165) is 4.31 Å². The number of hydrogen-bond donors (Lipinski definition) is 1. The van der Waals surface area contributed by atoms with E-state index >= 15 is 0 Å². The van der Waals surface area contributed by atoms with Gasteiger partial charge >= 0.3 is 5.97 Å². The van der Waals surface area contributed by atoms with E-state index in [0.29, 0.717) is 18.0 Å². The van der Waals surface area contributed by atoms with Gasteiger partial charge in [-0.2, -0.15) is 0 Å². The normalized spacial score (nSPS) is 12.0. The van der Waals surface area contributed by atoms with E-state index in [1.165, 1.54) is 45.3 Å². The highest BCUT2D eigenvalue weighted by molar-refractivity contribution is 7.92. The molecule has 29 heavy (non-hydrogen) atoms. The molecule has 1 amide bonds. The topological polar surface area (TPSA) is 102 Å². The first kappa shape index (κ1) is 22.2. The largest absolute Gasteiger partial charge is 0.495 e. The fourth-order valence-corrected chi connectivity index (χ4v) is 3.75. The zero-order valence-corrected chi connectivity index (χ0v) is 17.5. The van der Waals surface area contributed by atoms with E-state index < -0.39 is 28.0 Å². The smallest absolute Gasteiger partial charge is 0.338 e. The van der Waals surface area contributed by atoms with Crippen molar-refractivity contribution in [1.29, 1.82) is 0 Å². The zero-order chi connectivity index (χ0) is 21.6. The predicted molar refractivity (Wildman–Crippen MR) is 109 cm³/mol. The fourth-order valence-electron chi connectivity index (χ4n) is 2.54. The Balaban J connectivity index is 2.20. The van der Waals surface area contributed by atoms with Crippen molar-refractivity contribution in [3.63, 3.8) is 0 Å². The number of para-hydroxylation sites is 2. The van der Waals surface area contributed by atoms with Crippen LogP contribution < -0.4 is 14.4 Å². The Kier molecular flexibility index (Phi) is 7.22. The van der Waals surface area contributed by atoms with Crippen molar-refractivity contribution in [3.8, 4) is 5.75 Å². The molecule has 0 saturated carbocycles. The Morgan fingerprint density at radius 1 is 1.10 bits per heavy atom. The quantitative estimate of drug-likeness (QED) is 0.657. The van der Waals surface area contributed by atoms with Gasteiger partial charge in [0.15, 0.2) is 6.10 Å². The number of esters is 1. The minimum absolute atomic E-state index is 0.000712. The Labute approximate surface area is 170 Å². The van der Waals surface area contributed by atoms with Crippen LogP contribution in [0.5, 0.6) is 5.75 Å². The maximum atomic E-state index is 12.9. The number of hydrogen-bond acceptors (Lipinski definition) is 6. The number of nitrogens with zero attached hydrogens (tertiary/aromatic N) is 1. The molecule has 156 valence electrons. The molecule has 0 aliphatic rings. The van der Waals surface area contributed by atoms with Crippen LogP contribution in [0.25, 0.3) is 0 Å². The van der Waals surface area contributed by atoms with Crippen molar-refractivity contribution < 1.29 is 27.5 Å². The molecule has 0 heterocycles. The number of benzene rings is 2. The number of carbonyl (C=O) groups excluding carboxylic acids is 2. The minimum atomic E-state index is -3.87. The van der Waals surface area contributed by atoms with Crippen LogP contribution >= 0.6 is 0 Å². The minimum Gasteiger partial charge on any atom is -0.495 e. The molecule has 1 atom stereocenters. The summed E-state index contributed by atoms with van der Waals surface area (Å²) in [6.45, 7) is 3.64. The number of sulfonamides is 1. The van der Waals surface area contributed by atoms with Crippen LogP contribution in [0, 0.1) is 0 Å². The van der Waals surface area contributed by atoms with Gasteiger partial charge in [0, 0.05) is 13.6 Å². The lowest BCUT2D eigenvalue weighted by molar-refractivity contribution is -0.128. The molecule has 0 aliphatic carbocycles. The monoisotopic (exact) mass is 420 g/mol. The summed E-state index contributed by atoms with van der Waals surface area (Å²) < 4.78 is 37.3. The second-order valence-corrected chi connectivity index (χ2v) is 8.08. The van der Waals surface area contributed by atoms with Gasteiger partial charge in [-0.15, -0.1) is 0 Å². The maximum Gasteiger partial charge on any atom is 0.338 e. The second-order valence-electron chi connectivity index (χ2n) is 6.11. The molecule has 1 N–H and O–H groups in total. The molecule has 0 saturated heterocycles. The van der Waals surface area contributed by atoms with Crippen molar-refractivity contribution >= 4 is 27.6 Å². The fraction of sp³-hybridized carbons (Fsp3) is 0.300. The highest BCUT2D eigenvalue weighted by Gasteiger charge is 2.24. The molecule has 0 spiro atoms. The Morgan fingerprint density at radius 3 is 2.31 bits per heavy atom. The molecular formula is C20H24N2O6S. The summed E-state index contributed by atoms with van der Waals surface area (Å²) in [5.74, 6) is -0.706. The Bertz CT molecular complexity index is 973. The van der Waals surface area contributed by atoms with Crippen molar-refractivity contribution in [3.05, 3.63) is 54.1 Å². The van der Waals surface area contributed by atoms with Crippen molar-refractivity contribution in [2.45, 2.75) is 24.8 Å². The summed E-state index contributed by atoms with van der Waals surface area (Å²) >= 11 is 0. The van der Waals surface area contributed by atoms with Gasteiger partial charge in [-0.05, 0) is 50.2 Å². The molecule has 2 aromatic rings. The van der Waals surface area contributed by atoms with Gasteiger partial charge in [0.2, 0.25) is 0 Å². The summed E-state index contributed by atoms with van der Waals surface area (Å²) in [5.41, 5.74) is 0.522. The third-order valence-corrected chi connectivity index (χ3v) is 5.96. The van der Waals surface area contributed by atoms with Crippen molar-refractivity contribution in [2.75, 3.05) is 25.0 Å².